The summed E-state index contributed by atoms with van der Waals surface area (Å²) in [7, 11) is 0. The summed E-state index contributed by atoms with van der Waals surface area (Å²) in [4.78, 5) is 11.5. The summed E-state index contributed by atoms with van der Waals surface area (Å²) in [5.41, 5.74) is -2.25. The molecule has 0 saturated carbocycles. The van der Waals surface area contributed by atoms with Crippen LogP contribution in [-0.4, -0.2) is 30.5 Å². The number of carbonyl (C=O) groups is 1. The maximum atomic E-state index is 12.8. The Morgan fingerprint density at radius 1 is 1.33 bits per heavy atom. The molecule has 18 heavy (non-hydrogen) atoms. The highest BCUT2D eigenvalue weighted by Gasteiger charge is 2.41. The van der Waals surface area contributed by atoms with Gasteiger partial charge in [0.05, 0.1) is 6.10 Å². The average molecular weight is 266 g/mol. The van der Waals surface area contributed by atoms with E-state index in [1.54, 1.807) is 0 Å². The Kier molecular flexibility index (Phi) is 4.42. The second-order valence-electron chi connectivity index (χ2n) is 5.13. The lowest BCUT2D eigenvalue weighted by molar-refractivity contribution is -0.160. The number of hydrogen-bond acceptors (Lipinski definition) is 3. The Balaban J connectivity index is 2.88. The van der Waals surface area contributed by atoms with Crippen LogP contribution in [0.1, 0.15) is 33.6 Å². The van der Waals surface area contributed by atoms with Crippen LogP contribution in [-0.2, 0) is 14.3 Å². The first-order valence-corrected chi connectivity index (χ1v) is 5.73. The fourth-order valence-electron chi connectivity index (χ4n) is 1.53. The van der Waals surface area contributed by atoms with E-state index < -0.39 is 29.4 Å². The van der Waals surface area contributed by atoms with Crippen molar-refractivity contribution in [1.82, 2.24) is 0 Å². The van der Waals surface area contributed by atoms with E-state index in [9.17, 15) is 18.0 Å². The van der Waals surface area contributed by atoms with Crippen molar-refractivity contribution in [2.24, 2.45) is 0 Å². The Morgan fingerprint density at radius 2 is 1.94 bits per heavy atom. The largest absolute Gasteiger partial charge is 0.456 e. The summed E-state index contributed by atoms with van der Waals surface area (Å²) in [6, 6.07) is 0. The van der Waals surface area contributed by atoms with Gasteiger partial charge in [0.15, 0.2) is 0 Å². The highest BCUT2D eigenvalue weighted by atomic mass is 19.4. The highest BCUT2D eigenvalue weighted by Crippen LogP contribution is 2.30. The van der Waals surface area contributed by atoms with Gasteiger partial charge in [-0.1, -0.05) is 0 Å². The molecule has 3 nitrogen and oxygen atoms in total. The molecule has 0 amide bonds. The molecule has 1 saturated heterocycles. The van der Waals surface area contributed by atoms with Gasteiger partial charge in [-0.15, -0.1) is 0 Å². The van der Waals surface area contributed by atoms with Crippen molar-refractivity contribution in [3.63, 3.8) is 0 Å². The van der Waals surface area contributed by atoms with Crippen LogP contribution >= 0.6 is 0 Å². The molecule has 1 unspecified atom stereocenters. The molecule has 1 aliphatic rings. The molecule has 0 aliphatic carbocycles. The number of ether oxygens (including phenoxy) is 2. The van der Waals surface area contributed by atoms with Crippen LogP contribution in [0.2, 0.25) is 0 Å². The predicted octanol–water partition coefficient (Wildman–Crippen LogP) is 3.00. The quantitative estimate of drug-likeness (QED) is 0.569. The smallest absolute Gasteiger partial charge is 0.423 e. The molecule has 104 valence electrons. The van der Waals surface area contributed by atoms with E-state index in [-0.39, 0.29) is 0 Å². The molecule has 1 rings (SSSR count). The molecule has 0 aromatic rings. The first-order valence-electron chi connectivity index (χ1n) is 5.73. The van der Waals surface area contributed by atoms with E-state index in [1.807, 2.05) is 0 Å². The Hall–Kier alpha value is -1.04. The second kappa shape index (κ2) is 5.30. The molecule has 0 bridgehead atoms. The minimum atomic E-state index is -4.73. The van der Waals surface area contributed by atoms with Crippen molar-refractivity contribution in [3.8, 4) is 0 Å². The summed E-state index contributed by atoms with van der Waals surface area (Å²) >= 11 is 0. The van der Waals surface area contributed by atoms with Gasteiger partial charge >= 0.3 is 12.1 Å². The van der Waals surface area contributed by atoms with Crippen molar-refractivity contribution in [1.29, 1.82) is 0 Å². The zero-order chi connectivity index (χ0) is 14.0. The van der Waals surface area contributed by atoms with Crippen molar-refractivity contribution < 1.29 is 27.4 Å². The molecule has 6 heteroatoms. The fourth-order valence-corrected chi connectivity index (χ4v) is 1.53. The van der Waals surface area contributed by atoms with Crippen LogP contribution in [0.25, 0.3) is 0 Å². The van der Waals surface area contributed by atoms with Gasteiger partial charge in [0.1, 0.15) is 11.2 Å². The van der Waals surface area contributed by atoms with Crippen LogP contribution in [0.5, 0.6) is 0 Å². The highest BCUT2D eigenvalue weighted by molar-refractivity contribution is 5.90. The van der Waals surface area contributed by atoms with Crippen LogP contribution in [0.3, 0.4) is 0 Å². The third-order valence-corrected chi connectivity index (χ3v) is 2.24. The topological polar surface area (TPSA) is 35.5 Å². The maximum Gasteiger partial charge on any atom is 0.423 e. The molecular weight excluding hydrogens is 249 g/mol. The SMILES string of the molecule is CC(C)(C)OC(=O)/C(=C/C1CCCO1)C(F)(F)F. The third kappa shape index (κ3) is 4.68. The molecule has 0 spiro atoms. The molecule has 1 aliphatic heterocycles. The van der Waals surface area contributed by atoms with Crippen LogP contribution in [0.4, 0.5) is 13.2 Å². The summed E-state index contributed by atoms with van der Waals surface area (Å²) in [5.74, 6) is -1.36. The Labute approximate surface area is 104 Å². The van der Waals surface area contributed by atoms with Crippen LogP contribution in [0, 0.1) is 0 Å². The standard InChI is InChI=1S/C12H17F3O3/c1-11(2,3)18-10(16)9(12(13,14)15)7-8-5-4-6-17-8/h7-8H,4-6H2,1-3H3/b9-7-. The van der Waals surface area contributed by atoms with E-state index in [0.29, 0.717) is 19.4 Å². The van der Waals surface area contributed by atoms with Gasteiger partial charge in [-0.05, 0) is 39.7 Å². The van der Waals surface area contributed by atoms with E-state index >= 15 is 0 Å². The second-order valence-corrected chi connectivity index (χ2v) is 5.13. The van der Waals surface area contributed by atoms with Gasteiger partial charge in [0.2, 0.25) is 0 Å². The van der Waals surface area contributed by atoms with Gasteiger partial charge in [-0.3, -0.25) is 0 Å². The van der Waals surface area contributed by atoms with Crippen molar-refractivity contribution in [2.75, 3.05) is 6.61 Å². The van der Waals surface area contributed by atoms with Crippen LogP contribution in [0.15, 0.2) is 11.6 Å². The number of rotatable bonds is 2. The number of esters is 1. The van der Waals surface area contributed by atoms with Crippen molar-refractivity contribution in [3.05, 3.63) is 11.6 Å². The number of alkyl halides is 3. The summed E-state index contributed by atoms with van der Waals surface area (Å²) < 4.78 is 48.2. The summed E-state index contributed by atoms with van der Waals surface area (Å²) in [6.45, 7) is 4.97. The minimum absolute atomic E-state index is 0.417. The lowest BCUT2D eigenvalue weighted by Gasteiger charge is -2.21. The minimum Gasteiger partial charge on any atom is -0.456 e. The van der Waals surface area contributed by atoms with Gasteiger partial charge in [-0.25, -0.2) is 4.79 Å². The molecule has 1 heterocycles. The molecule has 1 fully saturated rings. The van der Waals surface area contributed by atoms with Gasteiger partial charge in [0, 0.05) is 6.61 Å². The summed E-state index contributed by atoms with van der Waals surface area (Å²) in [6.07, 6.45) is -3.38. The van der Waals surface area contributed by atoms with Crippen molar-refractivity contribution in [2.45, 2.75) is 51.5 Å². The number of carbonyl (C=O) groups excluding carboxylic acids is 1. The van der Waals surface area contributed by atoms with Gasteiger partial charge in [0.25, 0.3) is 0 Å². The third-order valence-electron chi connectivity index (χ3n) is 2.24. The predicted molar refractivity (Wildman–Crippen MR) is 59.0 cm³/mol. The molecule has 0 N–H and O–H groups in total. The summed E-state index contributed by atoms with van der Waals surface area (Å²) in [5, 5.41) is 0. The van der Waals surface area contributed by atoms with E-state index in [0.717, 1.165) is 6.08 Å². The Bertz CT molecular complexity index is 333. The Morgan fingerprint density at radius 3 is 2.33 bits per heavy atom. The van der Waals surface area contributed by atoms with E-state index in [4.69, 9.17) is 9.47 Å². The van der Waals surface area contributed by atoms with Crippen LogP contribution < -0.4 is 0 Å². The average Bonchev–Trinajstić information content (AvgIpc) is 2.61. The van der Waals surface area contributed by atoms with Crippen molar-refractivity contribution >= 4 is 5.97 Å². The van der Waals surface area contributed by atoms with E-state index in [2.05, 4.69) is 0 Å². The van der Waals surface area contributed by atoms with E-state index in [1.165, 1.54) is 20.8 Å². The zero-order valence-corrected chi connectivity index (χ0v) is 10.6. The molecule has 0 aromatic heterocycles. The first-order chi connectivity index (χ1) is 8.09. The number of halogens is 3. The maximum absolute atomic E-state index is 12.8. The van der Waals surface area contributed by atoms with Gasteiger partial charge < -0.3 is 9.47 Å². The monoisotopic (exact) mass is 266 g/mol. The number of hydrogen-bond donors (Lipinski definition) is 0. The van der Waals surface area contributed by atoms with Gasteiger partial charge in [-0.2, -0.15) is 13.2 Å². The molecular formula is C12H17F3O3. The zero-order valence-electron chi connectivity index (χ0n) is 10.6. The normalized spacial score (nSPS) is 22.1. The fraction of sp³-hybridized carbons (Fsp3) is 0.750. The first kappa shape index (κ1) is 15.0. The molecule has 0 radical (unpaired) electrons. The lowest BCUT2D eigenvalue weighted by Crippen LogP contribution is -2.30. The molecule has 0 aromatic carbocycles. The molecule has 1 atom stereocenters. The lowest BCUT2D eigenvalue weighted by atomic mass is 10.1.